The van der Waals surface area contributed by atoms with Crippen molar-refractivity contribution in [3.8, 4) is 5.75 Å². The molecule has 0 aliphatic heterocycles. The van der Waals surface area contributed by atoms with Gasteiger partial charge >= 0.3 is 0 Å². The molecule has 5 heteroatoms. The largest absolute Gasteiger partial charge is 0.483 e. The van der Waals surface area contributed by atoms with Crippen LogP contribution in [0.4, 0.5) is 0 Å². The lowest BCUT2D eigenvalue weighted by Crippen LogP contribution is -2.07. The maximum Gasteiger partial charge on any atom is 0.191 e. The predicted molar refractivity (Wildman–Crippen MR) is 82.7 cm³/mol. The zero-order valence-electron chi connectivity index (χ0n) is 12.2. The third-order valence-electron chi connectivity index (χ3n) is 3.98. The second-order valence-corrected chi connectivity index (χ2v) is 6.07. The summed E-state index contributed by atoms with van der Waals surface area (Å²) in [7, 11) is 0. The van der Waals surface area contributed by atoms with Crippen molar-refractivity contribution in [3.63, 3.8) is 0 Å². The minimum absolute atomic E-state index is 0.197. The highest BCUT2D eigenvalue weighted by atomic mass is 35.5. The van der Waals surface area contributed by atoms with Gasteiger partial charge in [0.15, 0.2) is 11.9 Å². The predicted octanol–water partition coefficient (Wildman–Crippen LogP) is 4.65. The van der Waals surface area contributed by atoms with Gasteiger partial charge in [-0.15, -0.1) is 0 Å². The van der Waals surface area contributed by atoms with Crippen molar-refractivity contribution in [1.82, 2.24) is 15.2 Å². The lowest BCUT2D eigenvalue weighted by molar-refractivity contribution is 0.216. The van der Waals surface area contributed by atoms with Gasteiger partial charge in [0.2, 0.25) is 0 Å². The van der Waals surface area contributed by atoms with Crippen LogP contribution in [0.15, 0.2) is 24.3 Å². The topological polar surface area (TPSA) is 50.8 Å². The van der Waals surface area contributed by atoms with Crippen molar-refractivity contribution < 1.29 is 4.74 Å². The molecular weight excluding hydrogens is 286 g/mol. The smallest absolute Gasteiger partial charge is 0.191 e. The number of ether oxygens (including phenoxy) is 1. The molecule has 1 fully saturated rings. The van der Waals surface area contributed by atoms with Gasteiger partial charge in [0.25, 0.3) is 0 Å². The molecule has 0 spiro atoms. The van der Waals surface area contributed by atoms with Crippen LogP contribution < -0.4 is 4.74 Å². The first kappa shape index (κ1) is 14.4. The maximum atomic E-state index is 5.96. The van der Waals surface area contributed by atoms with E-state index in [0.29, 0.717) is 16.8 Å². The van der Waals surface area contributed by atoms with Crippen molar-refractivity contribution in [2.24, 2.45) is 0 Å². The number of nitrogens with one attached hydrogen (secondary N) is 1. The highest BCUT2D eigenvalue weighted by molar-refractivity contribution is 6.30. The summed E-state index contributed by atoms with van der Waals surface area (Å²) in [6, 6.07) is 7.38. The molecule has 112 valence electrons. The first-order valence-corrected chi connectivity index (χ1v) is 7.94. The summed E-state index contributed by atoms with van der Waals surface area (Å²) in [4.78, 5) is 4.63. The molecule has 1 saturated carbocycles. The van der Waals surface area contributed by atoms with E-state index in [-0.39, 0.29) is 6.10 Å². The van der Waals surface area contributed by atoms with Crippen LogP contribution in [0.1, 0.15) is 62.7 Å². The fourth-order valence-electron chi connectivity index (χ4n) is 2.83. The van der Waals surface area contributed by atoms with Crippen LogP contribution in [-0.2, 0) is 0 Å². The summed E-state index contributed by atoms with van der Waals surface area (Å²) in [6.07, 6.45) is 6.13. The van der Waals surface area contributed by atoms with Gasteiger partial charge in [0, 0.05) is 10.9 Å². The van der Waals surface area contributed by atoms with Crippen molar-refractivity contribution in [2.75, 3.05) is 0 Å². The number of halogens is 1. The Morgan fingerprint density at radius 2 is 2.10 bits per heavy atom. The zero-order valence-corrected chi connectivity index (χ0v) is 12.9. The highest BCUT2D eigenvalue weighted by Crippen LogP contribution is 2.31. The summed E-state index contributed by atoms with van der Waals surface area (Å²) in [6.45, 7) is 1.95. The number of nitrogens with zero attached hydrogens (tertiary/aromatic N) is 2. The average Bonchev–Trinajstić information content (AvgIpc) is 2.98. The van der Waals surface area contributed by atoms with Crippen molar-refractivity contribution in [1.29, 1.82) is 0 Å². The lowest BCUT2D eigenvalue weighted by Gasteiger charge is -2.18. The number of rotatable bonds is 4. The molecule has 2 aromatic rings. The molecule has 0 amide bonds. The Hall–Kier alpha value is -1.55. The van der Waals surface area contributed by atoms with Crippen molar-refractivity contribution in [2.45, 2.75) is 51.0 Å². The van der Waals surface area contributed by atoms with E-state index < -0.39 is 0 Å². The third-order valence-corrected chi connectivity index (χ3v) is 4.22. The zero-order chi connectivity index (χ0) is 14.7. The number of hydrogen-bond donors (Lipinski definition) is 1. The molecule has 1 aliphatic carbocycles. The Morgan fingerprint density at radius 1 is 1.29 bits per heavy atom. The monoisotopic (exact) mass is 305 g/mol. The number of H-pyrrole nitrogens is 1. The van der Waals surface area contributed by atoms with Crippen LogP contribution in [0.25, 0.3) is 0 Å². The summed E-state index contributed by atoms with van der Waals surface area (Å²) in [5.74, 6) is 2.97. The highest BCUT2D eigenvalue weighted by Gasteiger charge is 2.21. The fraction of sp³-hybridized carbons (Fsp3) is 0.500. The van der Waals surface area contributed by atoms with E-state index in [0.717, 1.165) is 11.6 Å². The number of aromatic amines is 1. The summed E-state index contributed by atoms with van der Waals surface area (Å²) in [5.41, 5.74) is 0. The Morgan fingerprint density at radius 3 is 2.86 bits per heavy atom. The lowest BCUT2D eigenvalue weighted by atomic mass is 9.89. The van der Waals surface area contributed by atoms with Gasteiger partial charge in [-0.25, -0.2) is 4.98 Å². The SMILES string of the molecule is CC(Oc1cccc(Cl)c1)c1n[nH]c(C2CCCCC2)n1. The van der Waals surface area contributed by atoms with Gasteiger partial charge < -0.3 is 4.74 Å². The van der Waals surface area contributed by atoms with E-state index in [1.165, 1.54) is 32.1 Å². The minimum Gasteiger partial charge on any atom is -0.483 e. The van der Waals surface area contributed by atoms with Gasteiger partial charge in [-0.2, -0.15) is 5.10 Å². The van der Waals surface area contributed by atoms with Crippen LogP contribution in [0, 0.1) is 0 Å². The summed E-state index contributed by atoms with van der Waals surface area (Å²) < 4.78 is 5.85. The normalized spacial score (nSPS) is 17.6. The van der Waals surface area contributed by atoms with E-state index >= 15 is 0 Å². The van der Waals surface area contributed by atoms with Crippen LogP contribution in [0.5, 0.6) is 5.75 Å². The molecule has 1 heterocycles. The molecule has 1 aliphatic rings. The molecule has 1 unspecified atom stereocenters. The molecule has 4 nitrogen and oxygen atoms in total. The molecule has 21 heavy (non-hydrogen) atoms. The van der Waals surface area contributed by atoms with Crippen molar-refractivity contribution in [3.05, 3.63) is 40.9 Å². The van der Waals surface area contributed by atoms with E-state index in [1.807, 2.05) is 25.1 Å². The molecule has 0 radical (unpaired) electrons. The first-order chi connectivity index (χ1) is 10.2. The van der Waals surface area contributed by atoms with E-state index in [1.54, 1.807) is 6.07 Å². The molecule has 1 aromatic heterocycles. The second-order valence-electron chi connectivity index (χ2n) is 5.63. The minimum atomic E-state index is -0.197. The molecule has 1 aromatic carbocycles. The van der Waals surface area contributed by atoms with Gasteiger partial charge in [-0.3, -0.25) is 5.10 Å². The van der Waals surface area contributed by atoms with Crippen LogP contribution in [0.3, 0.4) is 0 Å². The quantitative estimate of drug-likeness (QED) is 0.894. The van der Waals surface area contributed by atoms with Crippen molar-refractivity contribution >= 4 is 11.6 Å². The Balaban J connectivity index is 1.67. The molecular formula is C16H20ClN3O. The number of aromatic nitrogens is 3. The summed E-state index contributed by atoms with van der Waals surface area (Å²) in [5, 5.41) is 8.07. The van der Waals surface area contributed by atoms with Crippen LogP contribution in [0.2, 0.25) is 5.02 Å². The van der Waals surface area contributed by atoms with E-state index in [2.05, 4.69) is 15.2 Å². The average molecular weight is 306 g/mol. The van der Waals surface area contributed by atoms with Crippen LogP contribution in [-0.4, -0.2) is 15.2 Å². The Kier molecular flexibility index (Phi) is 4.44. The molecule has 0 saturated heterocycles. The first-order valence-electron chi connectivity index (χ1n) is 7.57. The maximum absolute atomic E-state index is 5.96. The Bertz CT molecular complexity index is 593. The van der Waals surface area contributed by atoms with Crippen LogP contribution >= 0.6 is 11.6 Å². The molecule has 1 N–H and O–H groups in total. The molecule has 1 atom stereocenters. The van der Waals surface area contributed by atoms with Gasteiger partial charge in [0.05, 0.1) is 0 Å². The second kappa shape index (κ2) is 6.48. The van der Waals surface area contributed by atoms with Gasteiger partial charge in [-0.1, -0.05) is 36.9 Å². The standard InChI is InChI=1S/C16H20ClN3O/c1-11(21-14-9-5-8-13(17)10-14)15-18-16(20-19-15)12-6-3-2-4-7-12/h5,8-12H,2-4,6-7H2,1H3,(H,18,19,20). The van der Waals surface area contributed by atoms with Gasteiger partial charge in [0.1, 0.15) is 11.6 Å². The third kappa shape index (κ3) is 3.56. The van der Waals surface area contributed by atoms with E-state index in [4.69, 9.17) is 16.3 Å². The molecule has 3 rings (SSSR count). The fourth-order valence-corrected chi connectivity index (χ4v) is 3.01. The van der Waals surface area contributed by atoms with Gasteiger partial charge in [-0.05, 0) is 38.0 Å². The number of hydrogen-bond acceptors (Lipinski definition) is 3. The molecule has 0 bridgehead atoms. The summed E-state index contributed by atoms with van der Waals surface area (Å²) >= 11 is 5.96. The Labute approximate surface area is 129 Å². The number of benzene rings is 1. The van der Waals surface area contributed by atoms with E-state index in [9.17, 15) is 0 Å².